The predicted octanol–water partition coefficient (Wildman–Crippen LogP) is 1.50. The summed E-state index contributed by atoms with van der Waals surface area (Å²) in [5.74, 6) is -0.335. The molecule has 1 fully saturated rings. The summed E-state index contributed by atoms with van der Waals surface area (Å²) in [5, 5.41) is 8.96. The van der Waals surface area contributed by atoms with Gasteiger partial charge in [0, 0.05) is 25.1 Å². The molecule has 1 aromatic rings. The van der Waals surface area contributed by atoms with Crippen molar-refractivity contribution in [2.45, 2.75) is 6.92 Å². The maximum absolute atomic E-state index is 12.4. The maximum Gasteiger partial charge on any atom is 0.306 e. The van der Waals surface area contributed by atoms with E-state index in [4.69, 9.17) is 14.6 Å². The first-order valence-corrected chi connectivity index (χ1v) is 6.72. The first kappa shape index (κ1) is 15.2. The van der Waals surface area contributed by atoms with Gasteiger partial charge in [0.15, 0.2) is 0 Å². The molecule has 0 spiro atoms. The lowest BCUT2D eigenvalue weighted by atomic mass is 9.86. The fourth-order valence-corrected chi connectivity index (χ4v) is 2.34. The van der Waals surface area contributed by atoms with Gasteiger partial charge in [-0.15, -0.1) is 0 Å². The van der Waals surface area contributed by atoms with Gasteiger partial charge in [-0.3, -0.25) is 9.59 Å². The highest BCUT2D eigenvalue weighted by atomic mass is 16.5. The summed E-state index contributed by atoms with van der Waals surface area (Å²) in [6.45, 7) is 2.59. The van der Waals surface area contributed by atoms with E-state index in [1.54, 1.807) is 37.1 Å². The van der Waals surface area contributed by atoms with Crippen LogP contribution < -0.4 is 9.47 Å². The molecule has 1 N–H and O–H groups in total. The number of nitrogens with zero attached hydrogens (tertiary/aromatic N) is 1. The highest BCUT2D eigenvalue weighted by Crippen LogP contribution is 2.30. The molecule has 0 radical (unpaired) electrons. The Morgan fingerprint density at radius 3 is 2.48 bits per heavy atom. The molecule has 1 aromatic carbocycles. The van der Waals surface area contributed by atoms with Crippen LogP contribution in [0.5, 0.6) is 11.5 Å². The molecule has 0 aliphatic carbocycles. The zero-order valence-corrected chi connectivity index (χ0v) is 12.3. The van der Waals surface area contributed by atoms with Gasteiger partial charge in [0.25, 0.3) is 5.91 Å². The van der Waals surface area contributed by atoms with E-state index in [0.29, 0.717) is 30.2 Å². The summed E-state index contributed by atoms with van der Waals surface area (Å²) in [5.41, 5.74) is 0.458. The van der Waals surface area contributed by atoms with Crippen LogP contribution >= 0.6 is 0 Å². The van der Waals surface area contributed by atoms with Crippen molar-refractivity contribution in [3.8, 4) is 11.5 Å². The van der Waals surface area contributed by atoms with Crippen LogP contribution in [-0.4, -0.2) is 49.2 Å². The van der Waals surface area contributed by atoms with E-state index < -0.39 is 11.9 Å². The molecular formula is C15H19NO5. The molecule has 1 unspecified atom stereocenters. The number of carbonyl (C=O) groups excluding carboxylic acids is 1. The first-order valence-electron chi connectivity index (χ1n) is 6.72. The molecule has 2 rings (SSSR count). The zero-order chi connectivity index (χ0) is 15.6. The second-order valence-corrected chi connectivity index (χ2v) is 5.16. The Hall–Kier alpha value is -2.24. The lowest BCUT2D eigenvalue weighted by molar-refractivity contribution is -0.144. The molecule has 6 nitrogen and oxygen atoms in total. The summed E-state index contributed by atoms with van der Waals surface area (Å²) in [7, 11) is 3.04. The summed E-state index contributed by atoms with van der Waals surface area (Å²) in [4.78, 5) is 24.9. The highest BCUT2D eigenvalue weighted by molar-refractivity contribution is 5.97. The molecule has 1 saturated heterocycles. The minimum atomic E-state index is -0.825. The van der Waals surface area contributed by atoms with E-state index in [-0.39, 0.29) is 11.8 Å². The molecule has 21 heavy (non-hydrogen) atoms. The van der Waals surface area contributed by atoms with E-state index in [2.05, 4.69) is 0 Å². The largest absolute Gasteiger partial charge is 0.497 e. The van der Waals surface area contributed by atoms with Gasteiger partial charge in [0.1, 0.15) is 11.5 Å². The van der Waals surface area contributed by atoms with Crippen molar-refractivity contribution in [3.63, 3.8) is 0 Å². The van der Waals surface area contributed by atoms with Gasteiger partial charge in [-0.2, -0.15) is 0 Å². The van der Waals surface area contributed by atoms with Gasteiger partial charge in [0.05, 0.1) is 25.7 Å². The van der Waals surface area contributed by atoms with E-state index in [0.717, 1.165) is 0 Å². The van der Waals surface area contributed by atoms with Crippen LogP contribution in [0.25, 0.3) is 0 Å². The molecule has 1 aliphatic rings. The monoisotopic (exact) mass is 293 g/mol. The lowest BCUT2D eigenvalue weighted by Crippen LogP contribution is -2.53. The van der Waals surface area contributed by atoms with E-state index in [9.17, 15) is 9.59 Å². The normalized spacial score (nSPS) is 16.0. The Labute approximate surface area is 123 Å². The lowest BCUT2D eigenvalue weighted by Gasteiger charge is -2.41. The Bertz CT molecular complexity index is 551. The predicted molar refractivity (Wildman–Crippen MR) is 75.7 cm³/mol. The standard InChI is InChI=1S/C15H19NO5/c1-9(15(18)19)10-7-16(8-10)14(17)12-5-4-11(20-2)6-13(12)21-3/h4-6,9-10H,7-8H2,1-3H3,(H,18,19). The first-order chi connectivity index (χ1) is 9.97. The Morgan fingerprint density at radius 1 is 1.29 bits per heavy atom. The topological polar surface area (TPSA) is 76.1 Å². The van der Waals surface area contributed by atoms with Crippen molar-refractivity contribution >= 4 is 11.9 Å². The molecule has 1 atom stereocenters. The van der Waals surface area contributed by atoms with E-state index >= 15 is 0 Å². The fraction of sp³-hybridized carbons (Fsp3) is 0.467. The maximum atomic E-state index is 12.4. The van der Waals surface area contributed by atoms with Crippen LogP contribution in [-0.2, 0) is 4.79 Å². The minimum absolute atomic E-state index is 0.00990. The van der Waals surface area contributed by atoms with Gasteiger partial charge in [-0.25, -0.2) is 0 Å². The molecular weight excluding hydrogens is 274 g/mol. The number of benzene rings is 1. The molecule has 1 amide bonds. The number of ether oxygens (including phenoxy) is 2. The van der Waals surface area contributed by atoms with Crippen LogP contribution in [0.2, 0.25) is 0 Å². The molecule has 1 aliphatic heterocycles. The van der Waals surface area contributed by atoms with Crippen LogP contribution in [0.15, 0.2) is 18.2 Å². The summed E-state index contributed by atoms with van der Waals surface area (Å²) in [6.07, 6.45) is 0. The quantitative estimate of drug-likeness (QED) is 0.890. The average Bonchev–Trinajstić information content (AvgIpc) is 2.44. The number of likely N-dealkylation sites (tertiary alicyclic amines) is 1. The highest BCUT2D eigenvalue weighted by Gasteiger charge is 2.38. The fourth-order valence-electron chi connectivity index (χ4n) is 2.34. The molecule has 0 bridgehead atoms. The van der Waals surface area contributed by atoms with Crippen LogP contribution in [0.4, 0.5) is 0 Å². The van der Waals surface area contributed by atoms with Crippen molar-refractivity contribution in [2.75, 3.05) is 27.3 Å². The summed E-state index contributed by atoms with van der Waals surface area (Å²) in [6, 6.07) is 5.02. The van der Waals surface area contributed by atoms with Crippen molar-refractivity contribution in [1.82, 2.24) is 4.90 Å². The van der Waals surface area contributed by atoms with E-state index in [1.807, 2.05) is 0 Å². The van der Waals surface area contributed by atoms with Gasteiger partial charge in [-0.1, -0.05) is 6.92 Å². The van der Waals surface area contributed by atoms with E-state index in [1.165, 1.54) is 7.11 Å². The molecule has 0 aromatic heterocycles. The third kappa shape index (κ3) is 2.94. The SMILES string of the molecule is COc1ccc(C(=O)N2CC(C(C)C(=O)O)C2)c(OC)c1. The zero-order valence-electron chi connectivity index (χ0n) is 12.3. The number of hydrogen-bond donors (Lipinski definition) is 1. The molecule has 1 heterocycles. The van der Waals surface area contributed by atoms with Gasteiger partial charge < -0.3 is 19.5 Å². The van der Waals surface area contributed by atoms with Crippen molar-refractivity contribution in [3.05, 3.63) is 23.8 Å². The van der Waals surface area contributed by atoms with Gasteiger partial charge >= 0.3 is 5.97 Å². The smallest absolute Gasteiger partial charge is 0.306 e. The molecule has 0 saturated carbocycles. The Balaban J connectivity index is 2.07. The minimum Gasteiger partial charge on any atom is -0.497 e. The third-order valence-corrected chi connectivity index (χ3v) is 3.93. The third-order valence-electron chi connectivity index (χ3n) is 3.93. The van der Waals surface area contributed by atoms with Crippen molar-refractivity contribution in [1.29, 1.82) is 0 Å². The number of methoxy groups -OCH3 is 2. The van der Waals surface area contributed by atoms with Crippen LogP contribution in [0.1, 0.15) is 17.3 Å². The molecule has 6 heteroatoms. The van der Waals surface area contributed by atoms with Crippen LogP contribution in [0.3, 0.4) is 0 Å². The second-order valence-electron chi connectivity index (χ2n) is 5.16. The Morgan fingerprint density at radius 2 is 1.95 bits per heavy atom. The number of rotatable bonds is 5. The van der Waals surface area contributed by atoms with Crippen LogP contribution in [0, 0.1) is 11.8 Å². The van der Waals surface area contributed by atoms with Gasteiger partial charge in [0.2, 0.25) is 0 Å². The Kier molecular flexibility index (Phi) is 4.35. The number of amides is 1. The summed E-state index contributed by atoms with van der Waals surface area (Å²) < 4.78 is 10.3. The molecule has 114 valence electrons. The second kappa shape index (κ2) is 6.03. The summed E-state index contributed by atoms with van der Waals surface area (Å²) >= 11 is 0. The van der Waals surface area contributed by atoms with Crippen molar-refractivity contribution < 1.29 is 24.2 Å². The number of aliphatic carboxylic acids is 1. The van der Waals surface area contributed by atoms with Crippen molar-refractivity contribution in [2.24, 2.45) is 11.8 Å². The number of carbonyl (C=O) groups is 2. The average molecular weight is 293 g/mol. The number of carboxylic acids is 1. The number of hydrogen-bond acceptors (Lipinski definition) is 4. The van der Waals surface area contributed by atoms with Gasteiger partial charge in [-0.05, 0) is 12.1 Å². The number of carboxylic acid groups (broad SMARTS) is 1.